The van der Waals surface area contributed by atoms with Gasteiger partial charge in [0.25, 0.3) is 5.91 Å². The minimum Gasteiger partial charge on any atom is -0.493 e. The largest absolute Gasteiger partial charge is 0.493 e. The summed E-state index contributed by atoms with van der Waals surface area (Å²) in [5.41, 5.74) is 1.64. The van der Waals surface area contributed by atoms with Crippen LogP contribution in [0.25, 0.3) is 0 Å². The number of carbonyl (C=O) groups excluding carboxylic acids is 2. The van der Waals surface area contributed by atoms with Gasteiger partial charge in [-0.25, -0.2) is 0 Å². The van der Waals surface area contributed by atoms with Crippen molar-refractivity contribution in [1.82, 2.24) is 15.1 Å². The van der Waals surface area contributed by atoms with Crippen molar-refractivity contribution in [1.29, 1.82) is 0 Å². The van der Waals surface area contributed by atoms with E-state index >= 15 is 0 Å². The Kier molecular flexibility index (Phi) is 11.1. The average Bonchev–Trinajstić information content (AvgIpc) is 3.74. The van der Waals surface area contributed by atoms with Gasteiger partial charge in [-0.3, -0.25) is 9.59 Å². The molecule has 0 bridgehead atoms. The molecule has 2 amide bonds. The third-order valence-electron chi connectivity index (χ3n) is 8.33. The number of rotatable bonds is 15. The Labute approximate surface area is 245 Å². The molecule has 1 N–H and O–H groups in total. The first-order valence-electron chi connectivity index (χ1n) is 15.0. The normalized spacial score (nSPS) is 19.2. The van der Waals surface area contributed by atoms with Gasteiger partial charge in [-0.15, -0.1) is 0 Å². The molecule has 0 unspecified atom stereocenters. The van der Waals surface area contributed by atoms with E-state index in [4.69, 9.17) is 14.2 Å². The van der Waals surface area contributed by atoms with Gasteiger partial charge in [0.1, 0.15) is 0 Å². The van der Waals surface area contributed by atoms with Gasteiger partial charge in [0.15, 0.2) is 11.5 Å². The van der Waals surface area contributed by atoms with Crippen molar-refractivity contribution in [3.63, 3.8) is 0 Å². The molecule has 2 fully saturated rings. The summed E-state index contributed by atoms with van der Waals surface area (Å²) >= 11 is 0. The molecule has 8 heteroatoms. The first-order valence-corrected chi connectivity index (χ1v) is 15.0. The fourth-order valence-electron chi connectivity index (χ4n) is 5.66. The van der Waals surface area contributed by atoms with Gasteiger partial charge in [0.2, 0.25) is 5.91 Å². The standard InChI is InChI=1S/C33H47N3O5/c1-23(2)35(33(38)26-12-15-30(40-5)31(18-26)41-17-9-16-39-4)21-27-19-34-20-28(27)22-36(29-13-14-29)32(37)24(3)25-10-7-6-8-11-25/h6-8,10-12,15,18,23-24,27-29,34H,9,13-14,16-17,19-22H2,1-5H3/t24-,27+,28+/m1/s1. The summed E-state index contributed by atoms with van der Waals surface area (Å²) in [7, 11) is 3.26. The van der Waals surface area contributed by atoms with E-state index in [1.807, 2.05) is 42.2 Å². The van der Waals surface area contributed by atoms with Gasteiger partial charge < -0.3 is 29.3 Å². The Morgan fingerprint density at radius 1 is 0.927 bits per heavy atom. The molecule has 1 saturated carbocycles. The van der Waals surface area contributed by atoms with Crippen LogP contribution in [0.5, 0.6) is 11.5 Å². The average molecular weight is 566 g/mol. The molecule has 1 heterocycles. The fraction of sp³-hybridized carbons (Fsp3) is 0.576. The molecule has 224 valence electrons. The molecule has 2 aromatic rings. The Bertz CT molecular complexity index is 1140. The van der Waals surface area contributed by atoms with Crippen LogP contribution in [0.3, 0.4) is 0 Å². The molecule has 8 nitrogen and oxygen atoms in total. The van der Waals surface area contributed by atoms with Gasteiger partial charge in [-0.1, -0.05) is 30.3 Å². The van der Waals surface area contributed by atoms with Crippen LogP contribution in [-0.4, -0.2) is 87.3 Å². The number of hydrogen-bond donors (Lipinski definition) is 1. The van der Waals surface area contributed by atoms with E-state index < -0.39 is 0 Å². The highest BCUT2D eigenvalue weighted by atomic mass is 16.5. The van der Waals surface area contributed by atoms with Crippen LogP contribution in [0.2, 0.25) is 0 Å². The number of carbonyl (C=O) groups is 2. The SMILES string of the molecule is COCCCOc1cc(C(=O)N(C[C@@H]2CNC[C@H]2CN(C(=O)[C@H](C)c2ccccc2)C2CC2)C(C)C)ccc1OC. The minimum absolute atomic E-state index is 0.0243. The van der Waals surface area contributed by atoms with Gasteiger partial charge in [-0.2, -0.15) is 0 Å². The van der Waals surface area contributed by atoms with Crippen molar-refractivity contribution in [2.75, 3.05) is 53.6 Å². The summed E-state index contributed by atoms with van der Waals surface area (Å²) in [6, 6.07) is 15.8. The van der Waals surface area contributed by atoms with E-state index in [1.54, 1.807) is 32.4 Å². The molecule has 3 atom stereocenters. The number of methoxy groups -OCH3 is 2. The van der Waals surface area contributed by atoms with Crippen LogP contribution in [-0.2, 0) is 9.53 Å². The maximum absolute atomic E-state index is 13.8. The van der Waals surface area contributed by atoms with Gasteiger partial charge in [0, 0.05) is 64.0 Å². The number of benzene rings is 2. The van der Waals surface area contributed by atoms with Crippen molar-refractivity contribution < 1.29 is 23.8 Å². The molecule has 2 aliphatic rings. The van der Waals surface area contributed by atoms with Crippen molar-refractivity contribution in [2.24, 2.45) is 11.8 Å². The number of nitrogens with one attached hydrogen (secondary N) is 1. The summed E-state index contributed by atoms with van der Waals surface area (Å²) in [6.45, 7) is 10.2. The van der Waals surface area contributed by atoms with Crippen LogP contribution in [0.1, 0.15) is 61.9 Å². The first kappa shape index (κ1) is 30.8. The monoisotopic (exact) mass is 565 g/mol. The van der Waals surface area contributed by atoms with Crippen LogP contribution in [0.15, 0.2) is 48.5 Å². The molecule has 4 rings (SSSR count). The molecule has 1 aliphatic heterocycles. The van der Waals surface area contributed by atoms with Crippen LogP contribution in [0, 0.1) is 11.8 Å². The Morgan fingerprint density at radius 3 is 2.27 bits per heavy atom. The number of amides is 2. The zero-order valence-corrected chi connectivity index (χ0v) is 25.3. The molecule has 1 saturated heterocycles. The lowest BCUT2D eigenvalue weighted by Crippen LogP contribution is -2.45. The summed E-state index contributed by atoms with van der Waals surface area (Å²) < 4.78 is 16.5. The van der Waals surface area contributed by atoms with Gasteiger partial charge in [-0.05, 0) is 69.2 Å². The predicted molar refractivity (Wildman–Crippen MR) is 161 cm³/mol. The molecule has 41 heavy (non-hydrogen) atoms. The highest BCUT2D eigenvalue weighted by molar-refractivity contribution is 5.95. The number of nitrogens with zero attached hydrogens (tertiary/aromatic N) is 2. The second-order valence-electron chi connectivity index (χ2n) is 11.6. The molecule has 0 aromatic heterocycles. The van der Waals surface area contributed by atoms with Crippen molar-refractivity contribution in [2.45, 2.75) is 58.0 Å². The van der Waals surface area contributed by atoms with E-state index in [-0.39, 0.29) is 35.6 Å². The van der Waals surface area contributed by atoms with Crippen molar-refractivity contribution >= 4 is 11.8 Å². The molecule has 2 aromatic carbocycles. The van der Waals surface area contributed by atoms with Crippen LogP contribution >= 0.6 is 0 Å². The fourth-order valence-corrected chi connectivity index (χ4v) is 5.66. The predicted octanol–water partition coefficient (Wildman–Crippen LogP) is 4.59. The Hall–Kier alpha value is -3.10. The lowest BCUT2D eigenvalue weighted by atomic mass is 9.92. The quantitative estimate of drug-likeness (QED) is 0.318. The zero-order valence-electron chi connectivity index (χ0n) is 25.3. The molecular weight excluding hydrogens is 518 g/mol. The first-order chi connectivity index (χ1) is 19.8. The second kappa shape index (κ2) is 14.7. The zero-order chi connectivity index (χ0) is 29.4. The molecule has 0 radical (unpaired) electrons. The summed E-state index contributed by atoms with van der Waals surface area (Å²) in [5, 5.41) is 3.54. The van der Waals surface area contributed by atoms with E-state index in [0.717, 1.165) is 44.5 Å². The maximum Gasteiger partial charge on any atom is 0.254 e. The van der Waals surface area contributed by atoms with E-state index in [2.05, 4.69) is 24.1 Å². The molecule has 1 aliphatic carbocycles. The number of hydrogen-bond acceptors (Lipinski definition) is 6. The smallest absolute Gasteiger partial charge is 0.254 e. The lowest BCUT2D eigenvalue weighted by molar-refractivity contribution is -0.133. The summed E-state index contributed by atoms with van der Waals surface area (Å²) in [4.78, 5) is 31.6. The van der Waals surface area contributed by atoms with E-state index in [0.29, 0.717) is 42.9 Å². The van der Waals surface area contributed by atoms with Crippen molar-refractivity contribution in [3.8, 4) is 11.5 Å². The summed E-state index contributed by atoms with van der Waals surface area (Å²) in [5.74, 6) is 1.71. The Morgan fingerprint density at radius 2 is 1.63 bits per heavy atom. The van der Waals surface area contributed by atoms with Gasteiger partial charge in [0.05, 0.1) is 19.6 Å². The third kappa shape index (κ3) is 8.01. The third-order valence-corrected chi connectivity index (χ3v) is 8.33. The Balaban J connectivity index is 1.45. The van der Waals surface area contributed by atoms with Crippen molar-refractivity contribution in [3.05, 3.63) is 59.7 Å². The lowest BCUT2D eigenvalue weighted by Gasteiger charge is -2.34. The minimum atomic E-state index is -0.167. The van der Waals surface area contributed by atoms with E-state index in [9.17, 15) is 9.59 Å². The number of ether oxygens (including phenoxy) is 3. The van der Waals surface area contributed by atoms with Gasteiger partial charge >= 0.3 is 0 Å². The summed E-state index contributed by atoms with van der Waals surface area (Å²) in [6.07, 6.45) is 2.89. The highest BCUT2D eigenvalue weighted by Crippen LogP contribution is 2.34. The van der Waals surface area contributed by atoms with E-state index in [1.165, 1.54) is 0 Å². The van der Waals surface area contributed by atoms with Crippen LogP contribution in [0.4, 0.5) is 0 Å². The molecule has 0 spiro atoms. The second-order valence-corrected chi connectivity index (χ2v) is 11.6. The maximum atomic E-state index is 13.8. The highest BCUT2D eigenvalue weighted by Gasteiger charge is 2.39. The van der Waals surface area contributed by atoms with Crippen LogP contribution < -0.4 is 14.8 Å². The topological polar surface area (TPSA) is 80.3 Å². The molecular formula is C33H47N3O5.